The Kier molecular flexibility index (Phi) is 7.56. The summed E-state index contributed by atoms with van der Waals surface area (Å²) in [5, 5.41) is 3.36. The molecule has 0 fully saturated rings. The third kappa shape index (κ3) is 6.21. The molecule has 3 rings (SSSR count). The molecule has 0 atom stereocenters. The summed E-state index contributed by atoms with van der Waals surface area (Å²) >= 11 is 11.8. The minimum Gasteiger partial charge on any atom is -0.484 e. The van der Waals surface area contributed by atoms with E-state index in [0.29, 0.717) is 21.5 Å². The maximum Gasteiger partial charge on any atom is 0.262 e. The summed E-state index contributed by atoms with van der Waals surface area (Å²) < 4.78 is 32.3. The average molecular weight is 479 g/mol. The molecule has 0 spiro atoms. The predicted molar refractivity (Wildman–Crippen MR) is 122 cm³/mol. The van der Waals surface area contributed by atoms with Crippen LogP contribution in [0.3, 0.4) is 0 Å². The second kappa shape index (κ2) is 10.2. The molecule has 0 unspecified atom stereocenters. The van der Waals surface area contributed by atoms with Crippen LogP contribution in [0.4, 0.5) is 5.69 Å². The molecule has 3 aromatic rings. The fourth-order valence-corrected chi connectivity index (χ4v) is 4.19. The van der Waals surface area contributed by atoms with E-state index in [1.54, 1.807) is 12.1 Å². The minimum absolute atomic E-state index is 0.138. The second-order valence-electron chi connectivity index (χ2n) is 6.68. The lowest BCUT2D eigenvalue weighted by Crippen LogP contribution is -2.26. The van der Waals surface area contributed by atoms with Crippen molar-refractivity contribution < 1.29 is 17.9 Å². The third-order valence-corrected chi connectivity index (χ3v) is 6.91. The van der Waals surface area contributed by atoms with Gasteiger partial charge in [0.2, 0.25) is 10.0 Å². The highest BCUT2D eigenvalue weighted by Gasteiger charge is 2.21. The normalized spacial score (nSPS) is 11.4. The van der Waals surface area contributed by atoms with E-state index in [1.165, 1.54) is 41.7 Å². The molecule has 0 aliphatic heterocycles. The van der Waals surface area contributed by atoms with E-state index in [0.717, 1.165) is 5.56 Å². The van der Waals surface area contributed by atoms with Gasteiger partial charge in [0.15, 0.2) is 6.61 Å². The Morgan fingerprint density at radius 1 is 0.968 bits per heavy atom. The van der Waals surface area contributed by atoms with E-state index in [9.17, 15) is 13.2 Å². The van der Waals surface area contributed by atoms with Gasteiger partial charge in [-0.3, -0.25) is 4.79 Å². The molecule has 3 aromatic carbocycles. The van der Waals surface area contributed by atoms with Crippen LogP contribution in [0.15, 0.2) is 77.7 Å². The number of amides is 1. The number of nitrogens with one attached hydrogen (secondary N) is 1. The molecule has 0 saturated carbocycles. The Balaban J connectivity index is 1.57. The van der Waals surface area contributed by atoms with Crippen molar-refractivity contribution in [2.75, 3.05) is 19.0 Å². The predicted octanol–water partition coefficient (Wildman–Crippen LogP) is 4.83. The zero-order valence-electron chi connectivity index (χ0n) is 16.6. The molecule has 0 bridgehead atoms. The van der Waals surface area contributed by atoms with Crippen molar-refractivity contribution in [3.05, 3.63) is 88.4 Å². The fraction of sp³-hybridized carbons (Fsp3) is 0.136. The highest BCUT2D eigenvalue weighted by atomic mass is 35.5. The van der Waals surface area contributed by atoms with Gasteiger partial charge in [0.1, 0.15) is 5.75 Å². The first-order valence-corrected chi connectivity index (χ1v) is 11.4. The first kappa shape index (κ1) is 23.1. The quantitative estimate of drug-likeness (QED) is 0.502. The number of hydrogen-bond acceptors (Lipinski definition) is 4. The van der Waals surface area contributed by atoms with Gasteiger partial charge in [0.05, 0.1) is 14.9 Å². The van der Waals surface area contributed by atoms with Gasteiger partial charge in [0.25, 0.3) is 5.91 Å². The molecule has 0 aliphatic carbocycles. The standard InChI is InChI=1S/C22H20Cl2N2O4S/c1-26(14-16-5-3-2-4-6-16)31(28,29)19-10-8-18(9-11-19)30-15-22(27)25-17-7-12-20(23)21(24)13-17/h2-13H,14-15H2,1H3,(H,25,27). The first-order valence-electron chi connectivity index (χ1n) is 9.24. The third-order valence-electron chi connectivity index (χ3n) is 4.35. The van der Waals surface area contributed by atoms with Gasteiger partial charge in [-0.1, -0.05) is 53.5 Å². The van der Waals surface area contributed by atoms with Gasteiger partial charge in [-0.25, -0.2) is 8.42 Å². The van der Waals surface area contributed by atoms with Crippen molar-refractivity contribution in [2.45, 2.75) is 11.4 Å². The summed E-state index contributed by atoms with van der Waals surface area (Å²) in [6.07, 6.45) is 0. The van der Waals surface area contributed by atoms with Crippen LogP contribution >= 0.6 is 23.2 Å². The minimum atomic E-state index is -3.66. The fourth-order valence-electron chi connectivity index (χ4n) is 2.73. The SMILES string of the molecule is CN(Cc1ccccc1)S(=O)(=O)c1ccc(OCC(=O)Nc2ccc(Cl)c(Cl)c2)cc1. The van der Waals surface area contributed by atoms with Crippen LogP contribution in [0.25, 0.3) is 0 Å². The number of rotatable bonds is 8. The van der Waals surface area contributed by atoms with Crippen LogP contribution < -0.4 is 10.1 Å². The summed E-state index contributed by atoms with van der Waals surface area (Å²) in [5.41, 5.74) is 1.38. The zero-order valence-corrected chi connectivity index (χ0v) is 18.9. The summed E-state index contributed by atoms with van der Waals surface area (Å²) in [7, 11) is -2.13. The lowest BCUT2D eigenvalue weighted by molar-refractivity contribution is -0.118. The maximum absolute atomic E-state index is 12.8. The largest absolute Gasteiger partial charge is 0.484 e. The summed E-state index contributed by atoms with van der Waals surface area (Å²) in [6, 6.07) is 20.0. The highest BCUT2D eigenvalue weighted by Crippen LogP contribution is 2.25. The van der Waals surface area contributed by atoms with Crippen LogP contribution in [-0.2, 0) is 21.4 Å². The van der Waals surface area contributed by atoms with Crippen LogP contribution in [-0.4, -0.2) is 32.3 Å². The van der Waals surface area contributed by atoms with Crippen LogP contribution in [0.5, 0.6) is 5.75 Å². The molecule has 31 heavy (non-hydrogen) atoms. The molecule has 0 heterocycles. The van der Waals surface area contributed by atoms with E-state index in [1.807, 2.05) is 30.3 Å². The summed E-state index contributed by atoms with van der Waals surface area (Å²) in [6.45, 7) is 0.0105. The topological polar surface area (TPSA) is 75.7 Å². The number of nitrogens with zero attached hydrogens (tertiary/aromatic N) is 1. The van der Waals surface area contributed by atoms with E-state index >= 15 is 0 Å². The van der Waals surface area contributed by atoms with Crippen molar-refractivity contribution in [3.63, 3.8) is 0 Å². The lowest BCUT2D eigenvalue weighted by Gasteiger charge is -2.17. The van der Waals surface area contributed by atoms with Crippen LogP contribution in [0.2, 0.25) is 10.0 Å². The first-order chi connectivity index (χ1) is 14.8. The smallest absolute Gasteiger partial charge is 0.262 e. The molecule has 0 aromatic heterocycles. The van der Waals surface area contributed by atoms with E-state index in [4.69, 9.17) is 27.9 Å². The van der Waals surface area contributed by atoms with Gasteiger partial charge in [-0.2, -0.15) is 4.31 Å². The van der Waals surface area contributed by atoms with E-state index in [-0.39, 0.29) is 18.0 Å². The molecule has 0 radical (unpaired) electrons. The van der Waals surface area contributed by atoms with Crippen molar-refractivity contribution in [1.29, 1.82) is 0 Å². The molecule has 9 heteroatoms. The monoisotopic (exact) mass is 478 g/mol. The summed E-state index contributed by atoms with van der Waals surface area (Å²) in [5.74, 6) is -0.0216. The number of halogens is 2. The van der Waals surface area contributed by atoms with E-state index < -0.39 is 15.9 Å². The average Bonchev–Trinajstić information content (AvgIpc) is 2.76. The van der Waals surface area contributed by atoms with Crippen molar-refractivity contribution in [1.82, 2.24) is 4.31 Å². The number of benzene rings is 3. The Bertz CT molecular complexity index is 1150. The second-order valence-corrected chi connectivity index (χ2v) is 9.54. The van der Waals surface area contributed by atoms with Crippen LogP contribution in [0, 0.1) is 0 Å². The number of sulfonamides is 1. The van der Waals surface area contributed by atoms with Gasteiger partial charge in [0, 0.05) is 19.3 Å². The lowest BCUT2D eigenvalue weighted by atomic mass is 10.2. The molecular weight excluding hydrogens is 459 g/mol. The Labute approximate surface area is 191 Å². The summed E-state index contributed by atoms with van der Waals surface area (Å²) in [4.78, 5) is 12.2. The van der Waals surface area contributed by atoms with E-state index in [2.05, 4.69) is 5.32 Å². The van der Waals surface area contributed by atoms with Crippen LogP contribution in [0.1, 0.15) is 5.56 Å². The molecule has 1 amide bonds. The van der Waals surface area contributed by atoms with Crippen molar-refractivity contribution in [3.8, 4) is 5.75 Å². The number of ether oxygens (including phenoxy) is 1. The number of carbonyl (C=O) groups excluding carboxylic acids is 1. The zero-order chi connectivity index (χ0) is 22.4. The van der Waals surface area contributed by atoms with Crippen molar-refractivity contribution >= 4 is 44.8 Å². The Morgan fingerprint density at radius 3 is 2.29 bits per heavy atom. The van der Waals surface area contributed by atoms with Gasteiger partial charge in [-0.05, 0) is 48.0 Å². The van der Waals surface area contributed by atoms with Gasteiger partial charge >= 0.3 is 0 Å². The molecule has 6 nitrogen and oxygen atoms in total. The molecular formula is C22H20Cl2N2O4S. The number of anilines is 1. The van der Waals surface area contributed by atoms with Gasteiger partial charge in [-0.15, -0.1) is 0 Å². The highest BCUT2D eigenvalue weighted by molar-refractivity contribution is 7.89. The molecule has 0 aliphatic rings. The number of carbonyl (C=O) groups is 1. The molecule has 1 N–H and O–H groups in total. The Morgan fingerprint density at radius 2 is 1.65 bits per heavy atom. The Hall–Kier alpha value is -2.58. The van der Waals surface area contributed by atoms with Gasteiger partial charge < -0.3 is 10.1 Å². The molecule has 162 valence electrons. The molecule has 0 saturated heterocycles. The number of hydrogen-bond donors (Lipinski definition) is 1. The van der Waals surface area contributed by atoms with Crippen molar-refractivity contribution in [2.24, 2.45) is 0 Å². The maximum atomic E-state index is 12.8.